The van der Waals surface area contributed by atoms with Gasteiger partial charge in [0.25, 0.3) is 0 Å². The van der Waals surface area contributed by atoms with Crippen LogP contribution >= 0.6 is 0 Å². The van der Waals surface area contributed by atoms with Gasteiger partial charge in [0.2, 0.25) is 0 Å². The number of halogens is 2. The summed E-state index contributed by atoms with van der Waals surface area (Å²) in [5, 5.41) is 0. The smallest absolute Gasteiger partial charge is 0.167 e. The van der Waals surface area contributed by atoms with Gasteiger partial charge in [-0.05, 0) is 17.7 Å². The van der Waals surface area contributed by atoms with E-state index in [0.717, 1.165) is 24.0 Å². The van der Waals surface area contributed by atoms with E-state index in [-0.39, 0.29) is 12.4 Å². The van der Waals surface area contributed by atoms with Crippen molar-refractivity contribution >= 4 is 6.29 Å². The number of aldehydes is 1. The highest BCUT2D eigenvalue weighted by Crippen LogP contribution is 2.19. The average Bonchev–Trinajstić information content (AvgIpc) is 2.38. The molecule has 0 aliphatic rings. The van der Waals surface area contributed by atoms with E-state index >= 15 is 0 Å². The summed E-state index contributed by atoms with van der Waals surface area (Å²) in [6, 6.07) is 9.86. The summed E-state index contributed by atoms with van der Waals surface area (Å²) in [5.41, 5.74) is 1.36. The Morgan fingerprint density at radius 1 is 1.06 bits per heavy atom. The first-order chi connectivity index (χ1) is 8.69. The molecular weight excluding hydrogens is 238 g/mol. The molecule has 0 fully saturated rings. The molecule has 0 saturated heterocycles. The SMILES string of the molecule is O=Cc1ccc(COc2ccc(F)cc2F)cc1. The number of rotatable bonds is 4. The van der Waals surface area contributed by atoms with Gasteiger partial charge in [-0.15, -0.1) is 0 Å². The van der Waals surface area contributed by atoms with E-state index in [1.807, 2.05) is 0 Å². The van der Waals surface area contributed by atoms with Gasteiger partial charge in [-0.3, -0.25) is 4.79 Å². The lowest BCUT2D eigenvalue weighted by molar-refractivity contribution is 0.112. The lowest BCUT2D eigenvalue weighted by Crippen LogP contribution is -1.98. The number of ether oxygens (including phenoxy) is 1. The van der Waals surface area contributed by atoms with Crippen LogP contribution in [0.5, 0.6) is 5.75 Å². The van der Waals surface area contributed by atoms with E-state index in [1.165, 1.54) is 6.07 Å². The maximum atomic E-state index is 13.3. The summed E-state index contributed by atoms with van der Waals surface area (Å²) in [7, 11) is 0. The third kappa shape index (κ3) is 2.91. The normalized spacial score (nSPS) is 10.1. The number of hydrogen-bond donors (Lipinski definition) is 0. The Balaban J connectivity index is 2.04. The standard InChI is InChI=1S/C14H10F2O2/c15-12-5-6-14(13(16)7-12)18-9-11-3-1-10(8-17)2-4-11/h1-8H,9H2. The molecule has 18 heavy (non-hydrogen) atoms. The number of hydrogen-bond acceptors (Lipinski definition) is 2. The highest BCUT2D eigenvalue weighted by molar-refractivity contribution is 5.74. The van der Waals surface area contributed by atoms with Crippen LogP contribution in [0.15, 0.2) is 42.5 Å². The fourth-order valence-electron chi connectivity index (χ4n) is 1.45. The van der Waals surface area contributed by atoms with E-state index in [9.17, 15) is 13.6 Å². The second-order valence-corrected chi connectivity index (χ2v) is 3.72. The zero-order valence-corrected chi connectivity index (χ0v) is 9.40. The number of benzene rings is 2. The molecule has 4 heteroatoms. The van der Waals surface area contributed by atoms with Gasteiger partial charge in [0.1, 0.15) is 18.7 Å². The van der Waals surface area contributed by atoms with Crippen LogP contribution in [0.2, 0.25) is 0 Å². The minimum absolute atomic E-state index is 0.00383. The Morgan fingerprint density at radius 2 is 1.78 bits per heavy atom. The van der Waals surface area contributed by atoms with Gasteiger partial charge in [-0.2, -0.15) is 0 Å². The molecule has 0 saturated carbocycles. The second kappa shape index (κ2) is 5.40. The van der Waals surface area contributed by atoms with Crippen LogP contribution < -0.4 is 4.74 Å². The lowest BCUT2D eigenvalue weighted by Gasteiger charge is -2.07. The first kappa shape index (κ1) is 12.2. The first-order valence-corrected chi connectivity index (χ1v) is 5.31. The minimum Gasteiger partial charge on any atom is -0.486 e. The van der Waals surface area contributed by atoms with Crippen LogP contribution in [0.1, 0.15) is 15.9 Å². The van der Waals surface area contributed by atoms with Crippen molar-refractivity contribution in [3.8, 4) is 5.75 Å². The molecule has 0 amide bonds. The third-order valence-electron chi connectivity index (χ3n) is 2.40. The molecule has 0 N–H and O–H groups in total. The van der Waals surface area contributed by atoms with Crippen molar-refractivity contribution in [1.29, 1.82) is 0 Å². The molecular formula is C14H10F2O2. The monoisotopic (exact) mass is 248 g/mol. The molecule has 2 rings (SSSR count). The van der Waals surface area contributed by atoms with E-state index < -0.39 is 11.6 Å². The third-order valence-corrected chi connectivity index (χ3v) is 2.40. The minimum atomic E-state index is -0.737. The quantitative estimate of drug-likeness (QED) is 0.775. The summed E-state index contributed by atoms with van der Waals surface area (Å²) in [6.45, 7) is 0.154. The largest absolute Gasteiger partial charge is 0.486 e. The van der Waals surface area contributed by atoms with Crippen LogP contribution in [-0.4, -0.2) is 6.29 Å². The van der Waals surface area contributed by atoms with Crippen LogP contribution in [0.3, 0.4) is 0 Å². The summed E-state index contributed by atoms with van der Waals surface area (Å²) < 4.78 is 31.1. The van der Waals surface area contributed by atoms with Crippen molar-refractivity contribution < 1.29 is 18.3 Å². The molecule has 92 valence electrons. The fourth-order valence-corrected chi connectivity index (χ4v) is 1.45. The highest BCUT2D eigenvalue weighted by atomic mass is 19.1. The summed E-state index contributed by atoms with van der Waals surface area (Å²) in [6.07, 6.45) is 0.740. The lowest BCUT2D eigenvalue weighted by atomic mass is 10.2. The van der Waals surface area contributed by atoms with Crippen molar-refractivity contribution in [1.82, 2.24) is 0 Å². The van der Waals surface area contributed by atoms with E-state index in [0.29, 0.717) is 5.56 Å². The molecule has 0 unspecified atom stereocenters. The molecule has 2 aromatic rings. The predicted octanol–water partition coefficient (Wildman–Crippen LogP) is 3.36. The van der Waals surface area contributed by atoms with Crippen LogP contribution in [0.25, 0.3) is 0 Å². The van der Waals surface area contributed by atoms with E-state index in [2.05, 4.69) is 0 Å². The van der Waals surface area contributed by atoms with Gasteiger partial charge in [0.15, 0.2) is 11.6 Å². The van der Waals surface area contributed by atoms with Gasteiger partial charge in [0, 0.05) is 11.6 Å². The van der Waals surface area contributed by atoms with Crippen LogP contribution in [-0.2, 0) is 6.61 Å². The molecule has 0 heterocycles. The fraction of sp³-hybridized carbons (Fsp3) is 0.0714. The molecule has 0 atom stereocenters. The van der Waals surface area contributed by atoms with Crippen molar-refractivity contribution in [3.63, 3.8) is 0 Å². The maximum Gasteiger partial charge on any atom is 0.167 e. The summed E-state index contributed by atoms with van der Waals surface area (Å²) >= 11 is 0. The van der Waals surface area contributed by atoms with E-state index in [1.54, 1.807) is 24.3 Å². The Labute approximate surface area is 103 Å². The molecule has 0 aliphatic carbocycles. The molecule has 0 aliphatic heterocycles. The van der Waals surface area contributed by atoms with Gasteiger partial charge < -0.3 is 4.74 Å². The Bertz CT molecular complexity index is 550. The van der Waals surface area contributed by atoms with Gasteiger partial charge in [-0.25, -0.2) is 8.78 Å². The summed E-state index contributed by atoms with van der Waals surface area (Å²) in [5.74, 6) is -1.38. The predicted molar refractivity (Wildman–Crippen MR) is 62.5 cm³/mol. The summed E-state index contributed by atoms with van der Waals surface area (Å²) in [4.78, 5) is 10.5. The first-order valence-electron chi connectivity index (χ1n) is 5.31. The molecule has 0 spiro atoms. The van der Waals surface area contributed by atoms with Gasteiger partial charge >= 0.3 is 0 Å². The topological polar surface area (TPSA) is 26.3 Å². The Kier molecular flexibility index (Phi) is 3.67. The zero-order chi connectivity index (χ0) is 13.0. The molecule has 0 aromatic heterocycles. The molecule has 2 nitrogen and oxygen atoms in total. The van der Waals surface area contributed by atoms with Crippen LogP contribution in [0.4, 0.5) is 8.78 Å². The van der Waals surface area contributed by atoms with Gasteiger partial charge in [-0.1, -0.05) is 24.3 Å². The van der Waals surface area contributed by atoms with Crippen molar-refractivity contribution in [2.45, 2.75) is 6.61 Å². The van der Waals surface area contributed by atoms with Gasteiger partial charge in [0.05, 0.1) is 0 Å². The van der Waals surface area contributed by atoms with Crippen molar-refractivity contribution in [2.24, 2.45) is 0 Å². The molecule has 0 radical (unpaired) electrons. The second-order valence-electron chi connectivity index (χ2n) is 3.72. The number of carbonyl (C=O) groups is 1. The molecule has 2 aromatic carbocycles. The average molecular weight is 248 g/mol. The maximum absolute atomic E-state index is 13.3. The molecule has 0 bridgehead atoms. The highest BCUT2D eigenvalue weighted by Gasteiger charge is 2.05. The number of carbonyl (C=O) groups excluding carboxylic acids is 1. The van der Waals surface area contributed by atoms with Crippen LogP contribution in [0, 0.1) is 11.6 Å². The van der Waals surface area contributed by atoms with Crippen molar-refractivity contribution in [2.75, 3.05) is 0 Å². The van der Waals surface area contributed by atoms with Crippen molar-refractivity contribution in [3.05, 3.63) is 65.2 Å². The van der Waals surface area contributed by atoms with E-state index in [4.69, 9.17) is 4.74 Å². The Hall–Kier alpha value is -2.23. The Morgan fingerprint density at radius 3 is 2.39 bits per heavy atom. The zero-order valence-electron chi connectivity index (χ0n) is 9.40.